The number of hydrogen-bond acceptors (Lipinski definition) is 5. The number of nitrogens with zero attached hydrogens (tertiary/aromatic N) is 3. The number of nitrogens with one attached hydrogen (secondary N) is 1. The molecule has 1 aromatic heterocycles. The highest BCUT2D eigenvalue weighted by Gasteiger charge is 2.12. The van der Waals surface area contributed by atoms with Gasteiger partial charge in [0.05, 0.1) is 20.8 Å². The zero-order chi connectivity index (χ0) is 20.6. The lowest BCUT2D eigenvalue weighted by atomic mass is 10.1. The van der Waals surface area contributed by atoms with E-state index < -0.39 is 0 Å². The zero-order valence-corrected chi connectivity index (χ0v) is 19.9. The molecule has 0 atom stereocenters. The van der Waals surface area contributed by atoms with Gasteiger partial charge in [-0.15, -0.1) is 24.0 Å². The van der Waals surface area contributed by atoms with Gasteiger partial charge in [0.15, 0.2) is 11.7 Å². The van der Waals surface area contributed by atoms with E-state index in [2.05, 4.69) is 15.5 Å². The minimum Gasteiger partial charge on any atom is -0.497 e. The molecule has 3 rings (SSSR count). The largest absolute Gasteiger partial charge is 0.497 e. The van der Waals surface area contributed by atoms with E-state index in [0.717, 1.165) is 40.0 Å². The number of methoxy groups -OCH3 is 2. The van der Waals surface area contributed by atoms with Crippen LogP contribution in [0.1, 0.15) is 11.3 Å². The molecule has 0 spiro atoms. The predicted molar refractivity (Wildman–Crippen MR) is 129 cm³/mol. The average molecular weight is 522 g/mol. The van der Waals surface area contributed by atoms with E-state index >= 15 is 0 Å². The monoisotopic (exact) mass is 522 g/mol. The van der Waals surface area contributed by atoms with Crippen molar-refractivity contribution in [2.75, 3.05) is 28.3 Å². The molecule has 1 heterocycles. The van der Waals surface area contributed by atoms with Crippen LogP contribution in [0.5, 0.6) is 11.5 Å². The van der Waals surface area contributed by atoms with Crippen molar-refractivity contribution in [3.05, 3.63) is 65.9 Å². The molecule has 0 fully saturated rings. The standard InChI is InChI=1S/C22H26N4O3.HI/c1-23-22(26(2)15-17-10-11-19(27-3)13-20(17)28-4)24-14-18-12-21(29-25-18)16-8-6-5-7-9-16;/h5-13H,14-15H2,1-4H3,(H,23,24);1H. The van der Waals surface area contributed by atoms with Crippen LogP contribution >= 0.6 is 24.0 Å². The van der Waals surface area contributed by atoms with Crippen molar-refractivity contribution in [1.82, 2.24) is 15.4 Å². The van der Waals surface area contributed by atoms with Crippen molar-refractivity contribution < 1.29 is 14.0 Å². The van der Waals surface area contributed by atoms with E-state index in [1.54, 1.807) is 21.3 Å². The van der Waals surface area contributed by atoms with Crippen LogP contribution in [0.3, 0.4) is 0 Å². The number of halogens is 1. The Morgan fingerprint density at radius 3 is 2.53 bits per heavy atom. The van der Waals surface area contributed by atoms with Gasteiger partial charge in [-0.05, 0) is 12.1 Å². The topological polar surface area (TPSA) is 72.1 Å². The fourth-order valence-electron chi connectivity index (χ4n) is 3.00. The van der Waals surface area contributed by atoms with Gasteiger partial charge in [0.1, 0.15) is 17.2 Å². The smallest absolute Gasteiger partial charge is 0.194 e. The van der Waals surface area contributed by atoms with Crippen LogP contribution in [-0.2, 0) is 13.1 Å². The van der Waals surface area contributed by atoms with Crippen LogP contribution in [0.25, 0.3) is 11.3 Å². The molecule has 8 heteroatoms. The van der Waals surface area contributed by atoms with Gasteiger partial charge >= 0.3 is 0 Å². The lowest BCUT2D eigenvalue weighted by Gasteiger charge is -2.23. The first kappa shape index (κ1) is 23.5. The third kappa shape index (κ3) is 5.88. The third-order valence-corrected chi connectivity index (χ3v) is 4.52. The first-order valence-corrected chi connectivity index (χ1v) is 9.28. The van der Waals surface area contributed by atoms with Gasteiger partial charge in [0.2, 0.25) is 0 Å². The van der Waals surface area contributed by atoms with Crippen molar-refractivity contribution in [3.8, 4) is 22.8 Å². The Morgan fingerprint density at radius 2 is 1.87 bits per heavy atom. The molecular formula is C22H27IN4O3. The predicted octanol–water partition coefficient (Wildman–Crippen LogP) is 4.18. The van der Waals surface area contributed by atoms with E-state index in [4.69, 9.17) is 14.0 Å². The number of ether oxygens (including phenoxy) is 2. The highest BCUT2D eigenvalue weighted by Crippen LogP contribution is 2.25. The zero-order valence-electron chi connectivity index (χ0n) is 17.6. The number of guanidine groups is 1. The van der Waals surface area contributed by atoms with Gasteiger partial charge in [-0.3, -0.25) is 4.99 Å². The molecule has 7 nitrogen and oxygen atoms in total. The van der Waals surface area contributed by atoms with E-state index in [1.807, 2.05) is 66.5 Å². The minimum absolute atomic E-state index is 0. The second-order valence-electron chi connectivity index (χ2n) is 6.48. The molecule has 0 amide bonds. The quantitative estimate of drug-likeness (QED) is 0.285. The van der Waals surface area contributed by atoms with E-state index in [-0.39, 0.29) is 24.0 Å². The summed E-state index contributed by atoms with van der Waals surface area (Å²) < 4.78 is 16.2. The molecule has 0 aliphatic carbocycles. The Balaban J connectivity index is 0.00000320. The lowest BCUT2D eigenvalue weighted by Crippen LogP contribution is -2.38. The summed E-state index contributed by atoms with van der Waals surface area (Å²) in [6.07, 6.45) is 0. The molecule has 2 aromatic carbocycles. The summed E-state index contributed by atoms with van der Waals surface area (Å²) in [6, 6.07) is 17.6. The van der Waals surface area contributed by atoms with Gasteiger partial charge in [-0.1, -0.05) is 35.5 Å². The average Bonchev–Trinajstić information content (AvgIpc) is 3.24. The van der Waals surface area contributed by atoms with Crippen molar-refractivity contribution in [2.24, 2.45) is 4.99 Å². The summed E-state index contributed by atoms with van der Waals surface area (Å²) in [5.74, 6) is 3.02. The maximum absolute atomic E-state index is 5.49. The Hall–Kier alpha value is -2.75. The summed E-state index contributed by atoms with van der Waals surface area (Å²) in [7, 11) is 7.01. The van der Waals surface area contributed by atoms with E-state index in [0.29, 0.717) is 13.1 Å². The maximum Gasteiger partial charge on any atom is 0.194 e. The molecule has 0 aliphatic heterocycles. The van der Waals surface area contributed by atoms with Crippen molar-refractivity contribution in [2.45, 2.75) is 13.1 Å². The maximum atomic E-state index is 5.49. The molecule has 0 saturated heterocycles. The highest BCUT2D eigenvalue weighted by atomic mass is 127. The first-order chi connectivity index (χ1) is 14.1. The summed E-state index contributed by atoms with van der Waals surface area (Å²) in [4.78, 5) is 6.38. The minimum atomic E-state index is 0. The Morgan fingerprint density at radius 1 is 1.10 bits per heavy atom. The van der Waals surface area contributed by atoms with Crippen LogP contribution in [0.2, 0.25) is 0 Å². The lowest BCUT2D eigenvalue weighted by molar-refractivity contribution is 0.382. The van der Waals surface area contributed by atoms with E-state index in [9.17, 15) is 0 Å². The summed E-state index contributed by atoms with van der Waals surface area (Å²) in [5.41, 5.74) is 2.84. The second-order valence-corrected chi connectivity index (χ2v) is 6.48. The molecule has 1 N–H and O–H groups in total. The van der Waals surface area contributed by atoms with Crippen LogP contribution in [0, 0.1) is 0 Å². The van der Waals surface area contributed by atoms with Crippen LogP contribution in [0.4, 0.5) is 0 Å². The molecule has 30 heavy (non-hydrogen) atoms. The Kier molecular flexibility index (Phi) is 8.97. The molecular weight excluding hydrogens is 495 g/mol. The summed E-state index contributed by atoms with van der Waals surface area (Å²) in [6.45, 7) is 1.13. The number of hydrogen-bond donors (Lipinski definition) is 1. The first-order valence-electron chi connectivity index (χ1n) is 9.28. The molecule has 0 unspecified atom stereocenters. The van der Waals surface area contributed by atoms with Gasteiger partial charge in [-0.25, -0.2) is 0 Å². The number of benzene rings is 2. The fraction of sp³-hybridized carbons (Fsp3) is 0.273. The second kappa shape index (κ2) is 11.4. The summed E-state index contributed by atoms with van der Waals surface area (Å²) in [5, 5.41) is 7.46. The SMILES string of the molecule is CN=C(NCc1cc(-c2ccccc2)on1)N(C)Cc1ccc(OC)cc1OC.I. The van der Waals surface area contributed by atoms with Gasteiger partial charge in [0.25, 0.3) is 0 Å². The van der Waals surface area contributed by atoms with Gasteiger partial charge < -0.3 is 24.2 Å². The van der Waals surface area contributed by atoms with Crippen molar-refractivity contribution in [3.63, 3.8) is 0 Å². The summed E-state index contributed by atoms with van der Waals surface area (Å²) >= 11 is 0. The number of rotatable bonds is 7. The van der Waals surface area contributed by atoms with E-state index in [1.165, 1.54) is 0 Å². The highest BCUT2D eigenvalue weighted by molar-refractivity contribution is 14.0. The third-order valence-electron chi connectivity index (χ3n) is 4.52. The number of aliphatic imine (C=N–C) groups is 1. The molecule has 0 bridgehead atoms. The van der Waals surface area contributed by atoms with Gasteiger partial charge in [-0.2, -0.15) is 0 Å². The normalized spacial score (nSPS) is 10.9. The fourth-order valence-corrected chi connectivity index (χ4v) is 3.00. The molecule has 160 valence electrons. The molecule has 3 aromatic rings. The molecule has 0 radical (unpaired) electrons. The van der Waals surface area contributed by atoms with Crippen LogP contribution in [-0.4, -0.2) is 44.3 Å². The van der Waals surface area contributed by atoms with Gasteiger partial charge in [0, 0.05) is 43.9 Å². The Bertz CT molecular complexity index is 960. The van der Waals surface area contributed by atoms with Crippen LogP contribution < -0.4 is 14.8 Å². The van der Waals surface area contributed by atoms with Crippen molar-refractivity contribution >= 4 is 29.9 Å². The Labute approximate surface area is 194 Å². The molecule has 0 aliphatic rings. The number of aromatic nitrogens is 1. The van der Waals surface area contributed by atoms with Crippen molar-refractivity contribution in [1.29, 1.82) is 0 Å². The van der Waals surface area contributed by atoms with Crippen LogP contribution in [0.15, 0.2) is 64.1 Å². The molecule has 0 saturated carbocycles.